The third-order valence-electron chi connectivity index (χ3n) is 4.78. The van der Waals surface area contributed by atoms with Crippen LogP contribution in [0.4, 0.5) is 5.69 Å². The maximum Gasteiger partial charge on any atom is 0.243 e. The molecule has 1 atom stereocenters. The van der Waals surface area contributed by atoms with E-state index in [2.05, 4.69) is 5.32 Å². The number of sulfonamides is 1. The van der Waals surface area contributed by atoms with E-state index in [4.69, 9.17) is 0 Å². The van der Waals surface area contributed by atoms with Crippen LogP contribution < -0.4 is 5.32 Å². The molecule has 2 aromatic rings. The van der Waals surface area contributed by atoms with E-state index in [9.17, 15) is 13.2 Å². The molecular formula is C20H24N2O3S. The van der Waals surface area contributed by atoms with Gasteiger partial charge in [-0.25, -0.2) is 8.42 Å². The third kappa shape index (κ3) is 3.97. The second kappa shape index (κ2) is 7.60. The number of amides is 1. The quantitative estimate of drug-likeness (QED) is 0.895. The average molecular weight is 372 g/mol. The topological polar surface area (TPSA) is 66.5 Å². The summed E-state index contributed by atoms with van der Waals surface area (Å²) in [5.74, 6) is -0.465. The van der Waals surface area contributed by atoms with Gasteiger partial charge in [0.15, 0.2) is 0 Å². The molecule has 2 aromatic carbocycles. The fraction of sp³-hybridized carbons (Fsp3) is 0.350. The number of hydrogen-bond acceptors (Lipinski definition) is 3. The first-order valence-corrected chi connectivity index (χ1v) is 10.3. The molecular weight excluding hydrogens is 348 g/mol. The number of nitrogens with one attached hydrogen (secondary N) is 1. The Morgan fingerprint density at radius 2 is 1.85 bits per heavy atom. The SMILES string of the molecule is Cc1ccc(NC(=O)[C@@H]2CCCN(S(=O)(=O)c3ccccc3)C2)c(C)c1. The van der Waals surface area contributed by atoms with Crippen molar-refractivity contribution in [2.45, 2.75) is 31.6 Å². The van der Waals surface area contributed by atoms with E-state index in [1.807, 2.05) is 32.0 Å². The lowest BCUT2D eigenvalue weighted by atomic mass is 9.98. The minimum Gasteiger partial charge on any atom is -0.326 e. The molecule has 1 aliphatic heterocycles. The van der Waals surface area contributed by atoms with Crippen LogP contribution in [0.2, 0.25) is 0 Å². The number of carbonyl (C=O) groups is 1. The summed E-state index contributed by atoms with van der Waals surface area (Å²) < 4.78 is 27.0. The summed E-state index contributed by atoms with van der Waals surface area (Å²) in [6, 6.07) is 14.3. The van der Waals surface area contributed by atoms with E-state index in [0.29, 0.717) is 19.4 Å². The lowest BCUT2D eigenvalue weighted by molar-refractivity contribution is -0.120. The van der Waals surface area contributed by atoms with Crippen molar-refractivity contribution in [2.75, 3.05) is 18.4 Å². The predicted molar refractivity (Wildman–Crippen MR) is 102 cm³/mol. The molecule has 26 heavy (non-hydrogen) atoms. The van der Waals surface area contributed by atoms with Gasteiger partial charge in [0.05, 0.1) is 10.8 Å². The molecule has 0 bridgehead atoms. The Hall–Kier alpha value is -2.18. The third-order valence-corrected chi connectivity index (χ3v) is 6.66. The van der Waals surface area contributed by atoms with Crippen LogP contribution in [-0.2, 0) is 14.8 Å². The number of piperidine rings is 1. The minimum atomic E-state index is -3.56. The zero-order valence-corrected chi connectivity index (χ0v) is 15.9. The van der Waals surface area contributed by atoms with Crippen LogP contribution in [-0.4, -0.2) is 31.7 Å². The number of hydrogen-bond donors (Lipinski definition) is 1. The molecule has 0 aromatic heterocycles. The predicted octanol–water partition coefficient (Wildman–Crippen LogP) is 3.34. The number of rotatable bonds is 4. The molecule has 1 amide bonds. The van der Waals surface area contributed by atoms with Gasteiger partial charge in [0.25, 0.3) is 0 Å². The van der Waals surface area contributed by atoms with Gasteiger partial charge in [-0.05, 0) is 50.5 Å². The molecule has 1 N–H and O–H groups in total. The maximum absolute atomic E-state index is 12.8. The van der Waals surface area contributed by atoms with Crippen LogP contribution in [0, 0.1) is 19.8 Å². The van der Waals surface area contributed by atoms with E-state index in [0.717, 1.165) is 16.8 Å². The molecule has 0 radical (unpaired) electrons. The molecule has 0 aliphatic carbocycles. The second-order valence-corrected chi connectivity index (χ2v) is 8.76. The zero-order chi connectivity index (χ0) is 18.7. The van der Waals surface area contributed by atoms with Crippen molar-refractivity contribution in [1.82, 2.24) is 4.31 Å². The normalized spacial score (nSPS) is 18.5. The van der Waals surface area contributed by atoms with Crippen molar-refractivity contribution >= 4 is 21.6 Å². The highest BCUT2D eigenvalue weighted by Gasteiger charge is 2.33. The molecule has 5 nitrogen and oxygen atoms in total. The number of aryl methyl sites for hydroxylation is 2. The molecule has 0 spiro atoms. The first kappa shape index (κ1) is 18.6. The number of benzene rings is 2. The van der Waals surface area contributed by atoms with Crippen molar-refractivity contribution in [3.8, 4) is 0 Å². The highest BCUT2D eigenvalue weighted by molar-refractivity contribution is 7.89. The van der Waals surface area contributed by atoms with E-state index >= 15 is 0 Å². The lowest BCUT2D eigenvalue weighted by Crippen LogP contribution is -2.43. The highest BCUT2D eigenvalue weighted by atomic mass is 32.2. The van der Waals surface area contributed by atoms with Gasteiger partial charge in [0, 0.05) is 18.8 Å². The summed E-state index contributed by atoms with van der Waals surface area (Å²) in [7, 11) is -3.56. The number of anilines is 1. The summed E-state index contributed by atoms with van der Waals surface area (Å²) >= 11 is 0. The second-order valence-electron chi connectivity index (χ2n) is 6.82. The van der Waals surface area contributed by atoms with Crippen LogP contribution >= 0.6 is 0 Å². The first-order valence-electron chi connectivity index (χ1n) is 8.81. The van der Waals surface area contributed by atoms with Crippen LogP contribution in [0.3, 0.4) is 0 Å². The van der Waals surface area contributed by atoms with Gasteiger partial charge >= 0.3 is 0 Å². The first-order chi connectivity index (χ1) is 12.4. The van der Waals surface area contributed by atoms with Gasteiger partial charge in [0.1, 0.15) is 0 Å². The summed E-state index contributed by atoms with van der Waals surface area (Å²) in [6.45, 7) is 4.63. The summed E-state index contributed by atoms with van der Waals surface area (Å²) in [5, 5.41) is 2.96. The van der Waals surface area contributed by atoms with Gasteiger partial charge < -0.3 is 5.32 Å². The number of nitrogens with zero attached hydrogens (tertiary/aromatic N) is 1. The Balaban J connectivity index is 1.73. The van der Waals surface area contributed by atoms with Gasteiger partial charge in [-0.2, -0.15) is 4.31 Å². The smallest absolute Gasteiger partial charge is 0.243 e. The van der Waals surface area contributed by atoms with E-state index in [1.165, 1.54) is 4.31 Å². The maximum atomic E-state index is 12.8. The average Bonchev–Trinajstić information content (AvgIpc) is 2.65. The Morgan fingerprint density at radius 3 is 2.54 bits per heavy atom. The molecule has 3 rings (SSSR count). The van der Waals surface area contributed by atoms with Crippen molar-refractivity contribution in [1.29, 1.82) is 0 Å². The molecule has 138 valence electrons. The summed E-state index contributed by atoms with van der Waals surface area (Å²) in [5.41, 5.74) is 2.92. The van der Waals surface area contributed by atoms with Crippen molar-refractivity contribution < 1.29 is 13.2 Å². The molecule has 6 heteroatoms. The van der Waals surface area contributed by atoms with E-state index in [1.54, 1.807) is 30.3 Å². The van der Waals surface area contributed by atoms with Gasteiger partial charge in [-0.3, -0.25) is 4.79 Å². The molecule has 0 unspecified atom stereocenters. The molecule has 1 heterocycles. The van der Waals surface area contributed by atoms with Gasteiger partial charge in [-0.1, -0.05) is 35.9 Å². The van der Waals surface area contributed by atoms with E-state index < -0.39 is 10.0 Å². The van der Waals surface area contributed by atoms with Crippen LogP contribution in [0.25, 0.3) is 0 Å². The van der Waals surface area contributed by atoms with Crippen LogP contribution in [0.5, 0.6) is 0 Å². The lowest BCUT2D eigenvalue weighted by Gasteiger charge is -2.31. The molecule has 1 fully saturated rings. The van der Waals surface area contributed by atoms with Crippen molar-refractivity contribution in [3.63, 3.8) is 0 Å². The fourth-order valence-electron chi connectivity index (χ4n) is 3.30. The van der Waals surface area contributed by atoms with Crippen LogP contribution in [0.15, 0.2) is 53.4 Å². The monoisotopic (exact) mass is 372 g/mol. The standard InChI is InChI=1S/C20H24N2O3S/c1-15-10-11-19(16(2)13-15)21-20(23)17-7-6-12-22(14-17)26(24,25)18-8-4-3-5-9-18/h3-5,8-11,13,17H,6-7,12,14H2,1-2H3,(H,21,23)/t17-/m1/s1. The zero-order valence-electron chi connectivity index (χ0n) is 15.1. The summed E-state index contributed by atoms with van der Waals surface area (Å²) in [6.07, 6.45) is 1.37. The Kier molecular flexibility index (Phi) is 5.44. The Bertz CT molecular complexity index is 895. The summed E-state index contributed by atoms with van der Waals surface area (Å²) in [4.78, 5) is 13.0. The number of carbonyl (C=O) groups excluding carboxylic acids is 1. The molecule has 1 aliphatic rings. The Morgan fingerprint density at radius 1 is 1.12 bits per heavy atom. The molecule has 1 saturated heterocycles. The highest BCUT2D eigenvalue weighted by Crippen LogP contribution is 2.25. The van der Waals surface area contributed by atoms with Crippen LogP contribution in [0.1, 0.15) is 24.0 Å². The minimum absolute atomic E-state index is 0.120. The fourth-order valence-corrected chi connectivity index (χ4v) is 4.85. The van der Waals surface area contributed by atoms with Gasteiger partial charge in [-0.15, -0.1) is 0 Å². The molecule has 0 saturated carbocycles. The van der Waals surface area contributed by atoms with Crippen molar-refractivity contribution in [3.05, 3.63) is 59.7 Å². The van der Waals surface area contributed by atoms with Crippen molar-refractivity contribution in [2.24, 2.45) is 5.92 Å². The Labute approximate surface area is 155 Å². The van der Waals surface area contributed by atoms with Gasteiger partial charge in [0.2, 0.25) is 15.9 Å². The largest absolute Gasteiger partial charge is 0.326 e. The van der Waals surface area contributed by atoms with E-state index in [-0.39, 0.29) is 23.3 Å².